The summed E-state index contributed by atoms with van der Waals surface area (Å²) in [4.78, 5) is 0. The predicted molar refractivity (Wildman–Crippen MR) is 62.2 cm³/mol. The van der Waals surface area contributed by atoms with E-state index in [9.17, 15) is 0 Å². The molecule has 0 amide bonds. The van der Waals surface area contributed by atoms with Gasteiger partial charge in [-0.3, -0.25) is 0 Å². The highest BCUT2D eigenvalue weighted by Gasteiger charge is 1.89. The fourth-order valence-corrected chi connectivity index (χ4v) is 0.957. The molecule has 0 heterocycles. The number of allylic oxidation sites excluding steroid dienone is 4. The quantitative estimate of drug-likeness (QED) is 0.475. The molecular weight excluding hydrogens is 174 g/mol. The van der Waals surface area contributed by atoms with E-state index in [4.69, 9.17) is 4.74 Å². The topological polar surface area (TPSA) is 21.3 Å². The number of hydrogen-bond donors (Lipinski definition) is 1. The van der Waals surface area contributed by atoms with Crippen molar-refractivity contribution in [3.05, 3.63) is 36.6 Å². The monoisotopic (exact) mass is 195 g/mol. The molecule has 0 aliphatic heterocycles. The van der Waals surface area contributed by atoms with Crippen LogP contribution in [0.4, 0.5) is 0 Å². The highest BCUT2D eigenvalue weighted by molar-refractivity contribution is 5.21. The molecule has 0 aliphatic carbocycles. The van der Waals surface area contributed by atoms with E-state index in [1.807, 2.05) is 13.0 Å². The molecule has 0 saturated heterocycles. The van der Waals surface area contributed by atoms with E-state index in [0.717, 1.165) is 31.9 Å². The maximum atomic E-state index is 5.23. The van der Waals surface area contributed by atoms with E-state index in [1.165, 1.54) is 0 Å². The van der Waals surface area contributed by atoms with Gasteiger partial charge in [0.05, 0.1) is 6.61 Å². The molecular formula is C12H21NO. The van der Waals surface area contributed by atoms with Crippen molar-refractivity contribution in [1.29, 1.82) is 0 Å². The third kappa shape index (κ3) is 7.62. The average Bonchev–Trinajstić information content (AvgIpc) is 2.20. The predicted octanol–water partition coefficient (Wildman–Crippen LogP) is 2.65. The Kier molecular flexibility index (Phi) is 9.33. The second-order valence-electron chi connectivity index (χ2n) is 2.79. The Morgan fingerprint density at radius 2 is 2.21 bits per heavy atom. The van der Waals surface area contributed by atoms with Crippen LogP contribution in [-0.4, -0.2) is 19.8 Å². The van der Waals surface area contributed by atoms with E-state index in [1.54, 1.807) is 6.08 Å². The lowest BCUT2D eigenvalue weighted by atomic mass is 10.3. The molecule has 0 aliphatic rings. The number of nitrogens with one attached hydrogen (secondary N) is 1. The third-order valence-electron chi connectivity index (χ3n) is 1.61. The summed E-state index contributed by atoms with van der Waals surface area (Å²) in [6.07, 6.45) is 8.96. The standard InChI is InChI=1S/C12H21NO/c1-4-7-9-12(8-5-2)13-10-11-14-6-3/h5,7-9,13H,2,4,6,10-11H2,1,3H3/b9-7+,12-8+. The van der Waals surface area contributed by atoms with Crippen LogP contribution >= 0.6 is 0 Å². The zero-order valence-electron chi connectivity index (χ0n) is 9.25. The Balaban J connectivity index is 3.80. The maximum Gasteiger partial charge on any atom is 0.0638 e. The summed E-state index contributed by atoms with van der Waals surface area (Å²) in [5.74, 6) is 0. The summed E-state index contributed by atoms with van der Waals surface area (Å²) in [6, 6.07) is 0. The van der Waals surface area contributed by atoms with Gasteiger partial charge in [0.15, 0.2) is 0 Å². The van der Waals surface area contributed by atoms with Crippen molar-refractivity contribution in [2.24, 2.45) is 0 Å². The number of ether oxygens (including phenoxy) is 1. The third-order valence-corrected chi connectivity index (χ3v) is 1.61. The van der Waals surface area contributed by atoms with E-state index in [-0.39, 0.29) is 0 Å². The number of hydrogen-bond acceptors (Lipinski definition) is 2. The summed E-state index contributed by atoms with van der Waals surface area (Å²) < 4.78 is 5.23. The minimum absolute atomic E-state index is 0.741. The Morgan fingerprint density at radius 1 is 1.43 bits per heavy atom. The molecule has 0 bridgehead atoms. The van der Waals surface area contributed by atoms with Crippen LogP contribution in [0.1, 0.15) is 20.3 Å². The molecule has 0 radical (unpaired) electrons. The lowest BCUT2D eigenvalue weighted by Crippen LogP contribution is -2.18. The normalized spacial score (nSPS) is 12.0. The van der Waals surface area contributed by atoms with Gasteiger partial charge in [-0.1, -0.05) is 25.7 Å². The number of rotatable bonds is 8. The van der Waals surface area contributed by atoms with E-state index in [2.05, 4.69) is 31.0 Å². The van der Waals surface area contributed by atoms with Crippen molar-refractivity contribution in [3.8, 4) is 0 Å². The van der Waals surface area contributed by atoms with Gasteiger partial charge in [-0.15, -0.1) is 0 Å². The maximum absolute atomic E-state index is 5.23. The zero-order valence-corrected chi connectivity index (χ0v) is 9.25. The molecule has 0 unspecified atom stereocenters. The summed E-state index contributed by atoms with van der Waals surface area (Å²) in [5, 5.41) is 3.27. The van der Waals surface area contributed by atoms with Crippen LogP contribution in [0.15, 0.2) is 36.6 Å². The first-order valence-electron chi connectivity index (χ1n) is 5.16. The van der Waals surface area contributed by atoms with Gasteiger partial charge in [0.2, 0.25) is 0 Å². The SMILES string of the molecule is C=C/C=C(\C=C\CC)NCCOCC. The van der Waals surface area contributed by atoms with Crippen molar-refractivity contribution < 1.29 is 4.74 Å². The molecule has 0 saturated carbocycles. The highest BCUT2D eigenvalue weighted by atomic mass is 16.5. The highest BCUT2D eigenvalue weighted by Crippen LogP contribution is 1.93. The van der Waals surface area contributed by atoms with Crippen LogP contribution in [0.2, 0.25) is 0 Å². The lowest BCUT2D eigenvalue weighted by Gasteiger charge is -2.06. The van der Waals surface area contributed by atoms with Crippen LogP contribution in [0.3, 0.4) is 0 Å². The first-order chi connectivity index (χ1) is 6.85. The lowest BCUT2D eigenvalue weighted by molar-refractivity contribution is 0.151. The second kappa shape index (κ2) is 10.1. The van der Waals surface area contributed by atoms with Gasteiger partial charge >= 0.3 is 0 Å². The Morgan fingerprint density at radius 3 is 2.79 bits per heavy atom. The molecule has 0 aromatic heterocycles. The fourth-order valence-electron chi connectivity index (χ4n) is 0.957. The van der Waals surface area contributed by atoms with Crippen LogP contribution in [0.25, 0.3) is 0 Å². The molecule has 0 fully saturated rings. The molecule has 1 N–H and O–H groups in total. The van der Waals surface area contributed by atoms with Crippen molar-refractivity contribution in [2.75, 3.05) is 19.8 Å². The van der Waals surface area contributed by atoms with Gasteiger partial charge in [0, 0.05) is 18.8 Å². The first kappa shape index (κ1) is 13.0. The van der Waals surface area contributed by atoms with E-state index in [0.29, 0.717) is 0 Å². The van der Waals surface area contributed by atoms with E-state index >= 15 is 0 Å². The smallest absolute Gasteiger partial charge is 0.0638 e. The molecule has 0 spiro atoms. The summed E-state index contributed by atoms with van der Waals surface area (Å²) in [6.45, 7) is 10.1. The molecule has 2 nitrogen and oxygen atoms in total. The van der Waals surface area contributed by atoms with Gasteiger partial charge < -0.3 is 10.1 Å². The molecule has 0 aromatic carbocycles. The molecule has 0 rings (SSSR count). The van der Waals surface area contributed by atoms with Crippen LogP contribution in [0, 0.1) is 0 Å². The zero-order chi connectivity index (χ0) is 10.6. The second-order valence-corrected chi connectivity index (χ2v) is 2.79. The van der Waals surface area contributed by atoms with Crippen molar-refractivity contribution in [1.82, 2.24) is 5.32 Å². The van der Waals surface area contributed by atoms with Gasteiger partial charge in [0.1, 0.15) is 0 Å². The summed E-state index contributed by atoms with van der Waals surface area (Å²) in [5.41, 5.74) is 1.08. The molecule has 0 atom stereocenters. The van der Waals surface area contributed by atoms with Crippen molar-refractivity contribution in [2.45, 2.75) is 20.3 Å². The molecule has 14 heavy (non-hydrogen) atoms. The summed E-state index contributed by atoms with van der Waals surface area (Å²) in [7, 11) is 0. The van der Waals surface area contributed by atoms with Gasteiger partial charge in [0.25, 0.3) is 0 Å². The first-order valence-corrected chi connectivity index (χ1v) is 5.16. The van der Waals surface area contributed by atoms with Gasteiger partial charge in [-0.05, 0) is 25.5 Å². The Hall–Kier alpha value is -1.02. The van der Waals surface area contributed by atoms with Crippen LogP contribution < -0.4 is 5.32 Å². The minimum Gasteiger partial charge on any atom is -0.383 e. The van der Waals surface area contributed by atoms with Gasteiger partial charge in [-0.25, -0.2) is 0 Å². The van der Waals surface area contributed by atoms with Crippen LogP contribution in [0.5, 0.6) is 0 Å². The summed E-state index contributed by atoms with van der Waals surface area (Å²) >= 11 is 0. The van der Waals surface area contributed by atoms with Crippen molar-refractivity contribution >= 4 is 0 Å². The molecule has 80 valence electrons. The average molecular weight is 195 g/mol. The minimum atomic E-state index is 0.741. The van der Waals surface area contributed by atoms with Crippen molar-refractivity contribution in [3.63, 3.8) is 0 Å². The fraction of sp³-hybridized carbons (Fsp3) is 0.500. The molecule has 2 heteroatoms. The Labute approximate surface area is 87.3 Å². The van der Waals surface area contributed by atoms with E-state index < -0.39 is 0 Å². The van der Waals surface area contributed by atoms with Gasteiger partial charge in [-0.2, -0.15) is 0 Å². The molecule has 0 aromatic rings. The largest absolute Gasteiger partial charge is 0.383 e. The Bertz CT molecular complexity index is 194. The van der Waals surface area contributed by atoms with Crippen LogP contribution in [-0.2, 0) is 4.74 Å².